The Labute approximate surface area is 76.4 Å². The minimum absolute atomic E-state index is 0.591. The molecule has 2 heterocycles. The lowest BCUT2D eigenvalue weighted by Crippen LogP contribution is -2.16. The van der Waals surface area contributed by atoms with Gasteiger partial charge in [-0.2, -0.15) is 11.8 Å². The highest BCUT2D eigenvalue weighted by molar-refractivity contribution is 7.99. The molecule has 0 bridgehead atoms. The van der Waals surface area contributed by atoms with Crippen LogP contribution in [0, 0.1) is 0 Å². The molecule has 1 aliphatic rings. The molecule has 3 nitrogen and oxygen atoms in total. The van der Waals surface area contributed by atoms with Gasteiger partial charge in [-0.1, -0.05) is 0 Å². The summed E-state index contributed by atoms with van der Waals surface area (Å²) in [6.45, 7) is 0. The number of imidazole rings is 1. The van der Waals surface area contributed by atoms with Gasteiger partial charge in [-0.25, -0.2) is 4.98 Å². The van der Waals surface area contributed by atoms with Crippen molar-refractivity contribution in [3.63, 3.8) is 0 Å². The average molecular weight is 183 g/mol. The second-order valence-corrected chi connectivity index (χ2v) is 4.26. The molecule has 1 aromatic heterocycles. The molecule has 2 rings (SSSR count). The molecular weight excluding hydrogens is 170 g/mol. The number of aromatic nitrogens is 2. The number of nitrogens with two attached hydrogens (primary N) is 1. The summed E-state index contributed by atoms with van der Waals surface area (Å²) in [6.07, 6.45) is 6.21. The van der Waals surface area contributed by atoms with E-state index in [-0.39, 0.29) is 0 Å². The SMILES string of the molecule is Nc1nccn1C1CCSCC1. The summed E-state index contributed by atoms with van der Waals surface area (Å²) in [4.78, 5) is 4.03. The van der Waals surface area contributed by atoms with Crippen LogP contribution in [0.3, 0.4) is 0 Å². The molecule has 1 saturated heterocycles. The first-order valence-electron chi connectivity index (χ1n) is 4.24. The Morgan fingerprint density at radius 3 is 2.83 bits per heavy atom. The molecule has 0 unspecified atom stereocenters. The second-order valence-electron chi connectivity index (χ2n) is 3.04. The van der Waals surface area contributed by atoms with Crippen molar-refractivity contribution in [3.05, 3.63) is 12.4 Å². The van der Waals surface area contributed by atoms with E-state index in [0.29, 0.717) is 12.0 Å². The van der Waals surface area contributed by atoms with Crippen molar-refractivity contribution in [1.29, 1.82) is 0 Å². The van der Waals surface area contributed by atoms with Crippen molar-refractivity contribution >= 4 is 17.7 Å². The number of hydrogen-bond acceptors (Lipinski definition) is 3. The van der Waals surface area contributed by atoms with Crippen LogP contribution in [0.15, 0.2) is 12.4 Å². The average Bonchev–Trinajstić information content (AvgIpc) is 2.53. The maximum absolute atomic E-state index is 5.72. The topological polar surface area (TPSA) is 43.8 Å². The molecule has 66 valence electrons. The fraction of sp³-hybridized carbons (Fsp3) is 0.625. The minimum atomic E-state index is 0.591. The van der Waals surface area contributed by atoms with E-state index < -0.39 is 0 Å². The van der Waals surface area contributed by atoms with Crippen LogP contribution in [-0.2, 0) is 0 Å². The molecule has 0 amide bonds. The maximum atomic E-state index is 5.72. The van der Waals surface area contributed by atoms with Crippen LogP contribution in [-0.4, -0.2) is 21.1 Å². The van der Waals surface area contributed by atoms with Gasteiger partial charge in [-0.15, -0.1) is 0 Å². The van der Waals surface area contributed by atoms with Crippen LogP contribution in [0.25, 0.3) is 0 Å². The maximum Gasteiger partial charge on any atom is 0.200 e. The van der Waals surface area contributed by atoms with Crippen LogP contribution in [0.4, 0.5) is 5.95 Å². The van der Waals surface area contributed by atoms with Crippen molar-refractivity contribution in [2.75, 3.05) is 17.2 Å². The molecule has 0 saturated carbocycles. The van der Waals surface area contributed by atoms with Gasteiger partial charge in [-0.3, -0.25) is 0 Å². The molecule has 0 aliphatic carbocycles. The van der Waals surface area contributed by atoms with E-state index in [9.17, 15) is 0 Å². The Bertz CT molecular complexity index is 253. The Morgan fingerprint density at radius 2 is 2.25 bits per heavy atom. The number of nitrogens with zero attached hydrogens (tertiary/aromatic N) is 2. The third-order valence-corrected chi connectivity index (χ3v) is 3.33. The minimum Gasteiger partial charge on any atom is -0.369 e. The quantitative estimate of drug-likeness (QED) is 0.718. The summed E-state index contributed by atoms with van der Waals surface area (Å²) in [5.41, 5.74) is 5.72. The first-order chi connectivity index (χ1) is 5.88. The monoisotopic (exact) mass is 183 g/mol. The van der Waals surface area contributed by atoms with Gasteiger partial charge >= 0.3 is 0 Å². The van der Waals surface area contributed by atoms with Gasteiger partial charge in [0.25, 0.3) is 0 Å². The lowest BCUT2D eigenvalue weighted by molar-refractivity contribution is 0.475. The van der Waals surface area contributed by atoms with E-state index in [1.54, 1.807) is 6.20 Å². The van der Waals surface area contributed by atoms with Gasteiger partial charge in [0.15, 0.2) is 5.95 Å². The Morgan fingerprint density at radius 1 is 1.50 bits per heavy atom. The molecule has 0 spiro atoms. The molecule has 1 fully saturated rings. The van der Waals surface area contributed by atoms with Crippen LogP contribution in [0.1, 0.15) is 18.9 Å². The van der Waals surface area contributed by atoms with E-state index in [1.165, 1.54) is 24.3 Å². The van der Waals surface area contributed by atoms with E-state index in [1.807, 2.05) is 18.0 Å². The number of anilines is 1. The first kappa shape index (κ1) is 7.98. The summed E-state index contributed by atoms with van der Waals surface area (Å²) in [7, 11) is 0. The Hall–Kier alpha value is -0.640. The lowest BCUT2D eigenvalue weighted by Gasteiger charge is -2.23. The van der Waals surface area contributed by atoms with Crippen LogP contribution in [0.5, 0.6) is 0 Å². The van der Waals surface area contributed by atoms with Crippen LogP contribution in [0.2, 0.25) is 0 Å². The molecule has 0 aromatic carbocycles. The zero-order chi connectivity index (χ0) is 8.39. The Kier molecular flexibility index (Phi) is 2.26. The highest BCUT2D eigenvalue weighted by Crippen LogP contribution is 2.28. The second kappa shape index (κ2) is 3.39. The molecule has 0 radical (unpaired) electrons. The molecule has 0 atom stereocenters. The zero-order valence-corrected chi connectivity index (χ0v) is 7.76. The highest BCUT2D eigenvalue weighted by Gasteiger charge is 2.16. The van der Waals surface area contributed by atoms with E-state index in [0.717, 1.165) is 0 Å². The number of hydrogen-bond donors (Lipinski definition) is 1. The standard InChI is InChI=1S/C8H13N3S/c9-8-10-3-4-11(8)7-1-5-12-6-2-7/h3-4,7H,1-2,5-6H2,(H2,9,10). The zero-order valence-electron chi connectivity index (χ0n) is 6.94. The van der Waals surface area contributed by atoms with Gasteiger partial charge in [0, 0.05) is 18.4 Å². The first-order valence-corrected chi connectivity index (χ1v) is 5.39. The summed E-state index contributed by atoms with van der Waals surface area (Å²) < 4.78 is 2.10. The van der Waals surface area contributed by atoms with E-state index in [2.05, 4.69) is 9.55 Å². The van der Waals surface area contributed by atoms with Gasteiger partial charge in [-0.05, 0) is 24.3 Å². The van der Waals surface area contributed by atoms with Crippen LogP contribution < -0.4 is 5.73 Å². The predicted octanol–water partition coefficient (Wildman–Crippen LogP) is 1.53. The van der Waals surface area contributed by atoms with Crippen molar-refractivity contribution in [1.82, 2.24) is 9.55 Å². The van der Waals surface area contributed by atoms with Crippen molar-refractivity contribution in [3.8, 4) is 0 Å². The van der Waals surface area contributed by atoms with Gasteiger partial charge in [0.1, 0.15) is 0 Å². The van der Waals surface area contributed by atoms with Gasteiger partial charge in [0.2, 0.25) is 0 Å². The smallest absolute Gasteiger partial charge is 0.200 e. The Balaban J connectivity index is 2.13. The van der Waals surface area contributed by atoms with Crippen molar-refractivity contribution in [2.24, 2.45) is 0 Å². The molecule has 2 N–H and O–H groups in total. The third kappa shape index (κ3) is 1.43. The summed E-state index contributed by atoms with van der Waals surface area (Å²) in [6, 6.07) is 0.591. The van der Waals surface area contributed by atoms with Crippen molar-refractivity contribution < 1.29 is 0 Å². The fourth-order valence-corrected chi connectivity index (χ4v) is 2.68. The van der Waals surface area contributed by atoms with Gasteiger partial charge in [0.05, 0.1) is 0 Å². The van der Waals surface area contributed by atoms with Crippen molar-refractivity contribution in [2.45, 2.75) is 18.9 Å². The normalized spacial score (nSPS) is 19.7. The number of thioether (sulfide) groups is 1. The molecule has 12 heavy (non-hydrogen) atoms. The van der Waals surface area contributed by atoms with E-state index >= 15 is 0 Å². The van der Waals surface area contributed by atoms with Crippen LogP contribution >= 0.6 is 11.8 Å². The largest absolute Gasteiger partial charge is 0.369 e. The lowest BCUT2D eigenvalue weighted by atomic mass is 10.1. The molecule has 1 aromatic rings. The summed E-state index contributed by atoms with van der Waals surface area (Å²) in [5.74, 6) is 3.16. The summed E-state index contributed by atoms with van der Waals surface area (Å²) in [5, 5.41) is 0. The summed E-state index contributed by atoms with van der Waals surface area (Å²) >= 11 is 2.03. The third-order valence-electron chi connectivity index (χ3n) is 2.28. The number of nitrogen functional groups attached to an aromatic ring is 1. The fourth-order valence-electron chi connectivity index (χ4n) is 1.60. The molecule has 1 aliphatic heterocycles. The predicted molar refractivity (Wildman–Crippen MR) is 52.2 cm³/mol. The van der Waals surface area contributed by atoms with E-state index in [4.69, 9.17) is 5.73 Å². The molecular formula is C8H13N3S. The molecule has 4 heteroatoms. The van der Waals surface area contributed by atoms with Gasteiger partial charge < -0.3 is 10.3 Å². The highest BCUT2D eigenvalue weighted by atomic mass is 32.2. The number of rotatable bonds is 1.